The largest absolute Gasteiger partial charge is 0.366 e. The molecular formula is C14H13N3. The molecule has 1 aromatic carbocycles. The standard InChI is InChI=1S/C14H13N3/c1-11-4-2-3-5-13(11)10-17-14-8-12(9-15)6-7-16-14/h2-8H,10H2,1H3,(H,16,17). The van der Waals surface area contributed by atoms with Crippen molar-refractivity contribution >= 4 is 5.82 Å². The molecule has 2 rings (SSSR count). The number of pyridine rings is 1. The number of aromatic nitrogens is 1. The highest BCUT2D eigenvalue weighted by atomic mass is 15.0. The van der Waals surface area contributed by atoms with Crippen molar-refractivity contribution < 1.29 is 0 Å². The third-order valence-corrected chi connectivity index (χ3v) is 2.61. The van der Waals surface area contributed by atoms with Crippen LogP contribution in [0.2, 0.25) is 0 Å². The third kappa shape index (κ3) is 2.82. The molecule has 0 amide bonds. The van der Waals surface area contributed by atoms with Gasteiger partial charge in [0, 0.05) is 12.7 Å². The van der Waals surface area contributed by atoms with Gasteiger partial charge < -0.3 is 5.32 Å². The number of rotatable bonds is 3. The van der Waals surface area contributed by atoms with E-state index in [9.17, 15) is 0 Å². The average molecular weight is 223 g/mol. The molecule has 0 saturated carbocycles. The molecule has 0 fully saturated rings. The van der Waals surface area contributed by atoms with Crippen LogP contribution in [0.25, 0.3) is 0 Å². The van der Waals surface area contributed by atoms with Crippen LogP contribution >= 0.6 is 0 Å². The molecule has 0 unspecified atom stereocenters. The Kier molecular flexibility index (Phi) is 3.37. The Bertz CT molecular complexity index is 555. The molecule has 0 aliphatic heterocycles. The second kappa shape index (κ2) is 5.13. The summed E-state index contributed by atoms with van der Waals surface area (Å²) >= 11 is 0. The van der Waals surface area contributed by atoms with Crippen LogP contribution in [0.4, 0.5) is 5.82 Å². The van der Waals surface area contributed by atoms with Gasteiger partial charge in [-0.3, -0.25) is 0 Å². The Balaban J connectivity index is 2.08. The second-order valence-corrected chi connectivity index (χ2v) is 3.82. The van der Waals surface area contributed by atoms with Crippen molar-refractivity contribution in [3.05, 3.63) is 59.3 Å². The van der Waals surface area contributed by atoms with Crippen LogP contribution in [0.5, 0.6) is 0 Å². The van der Waals surface area contributed by atoms with Gasteiger partial charge in [-0.1, -0.05) is 24.3 Å². The first-order valence-electron chi connectivity index (χ1n) is 5.44. The monoisotopic (exact) mass is 223 g/mol. The molecule has 0 aliphatic carbocycles. The lowest BCUT2D eigenvalue weighted by molar-refractivity contribution is 1.09. The number of benzene rings is 1. The second-order valence-electron chi connectivity index (χ2n) is 3.82. The van der Waals surface area contributed by atoms with E-state index in [1.54, 1.807) is 18.3 Å². The van der Waals surface area contributed by atoms with Crippen molar-refractivity contribution in [3.8, 4) is 6.07 Å². The van der Waals surface area contributed by atoms with Gasteiger partial charge in [-0.25, -0.2) is 4.98 Å². The van der Waals surface area contributed by atoms with Crippen LogP contribution in [-0.4, -0.2) is 4.98 Å². The fourth-order valence-electron chi connectivity index (χ4n) is 1.59. The normalized spacial score (nSPS) is 9.65. The van der Waals surface area contributed by atoms with E-state index in [4.69, 9.17) is 5.26 Å². The van der Waals surface area contributed by atoms with Crippen LogP contribution in [0.15, 0.2) is 42.6 Å². The van der Waals surface area contributed by atoms with Gasteiger partial charge in [0.25, 0.3) is 0 Å². The summed E-state index contributed by atoms with van der Waals surface area (Å²) in [4.78, 5) is 4.17. The zero-order valence-electron chi connectivity index (χ0n) is 9.64. The predicted octanol–water partition coefficient (Wildman–Crippen LogP) is 2.87. The number of nitrogens with zero attached hydrogens (tertiary/aromatic N) is 2. The molecule has 0 spiro atoms. The van der Waals surface area contributed by atoms with Crippen molar-refractivity contribution in [2.24, 2.45) is 0 Å². The van der Waals surface area contributed by atoms with Gasteiger partial charge in [-0.2, -0.15) is 5.26 Å². The van der Waals surface area contributed by atoms with E-state index in [1.807, 2.05) is 12.1 Å². The Hall–Kier alpha value is -2.34. The molecule has 0 radical (unpaired) electrons. The average Bonchev–Trinajstić information content (AvgIpc) is 2.38. The van der Waals surface area contributed by atoms with Crippen LogP contribution < -0.4 is 5.32 Å². The first-order chi connectivity index (χ1) is 8.29. The zero-order valence-corrected chi connectivity index (χ0v) is 9.64. The molecule has 3 nitrogen and oxygen atoms in total. The molecule has 1 heterocycles. The summed E-state index contributed by atoms with van der Waals surface area (Å²) in [6, 6.07) is 13.7. The number of hydrogen-bond acceptors (Lipinski definition) is 3. The first-order valence-corrected chi connectivity index (χ1v) is 5.44. The number of aryl methyl sites for hydroxylation is 1. The Morgan fingerprint density at radius 1 is 1.29 bits per heavy atom. The zero-order chi connectivity index (χ0) is 12.1. The Labute approximate surface area is 101 Å². The summed E-state index contributed by atoms with van der Waals surface area (Å²) in [6.45, 7) is 2.80. The minimum Gasteiger partial charge on any atom is -0.366 e. The van der Waals surface area contributed by atoms with E-state index in [-0.39, 0.29) is 0 Å². The third-order valence-electron chi connectivity index (χ3n) is 2.61. The molecule has 3 heteroatoms. The van der Waals surface area contributed by atoms with Crippen molar-refractivity contribution in [2.45, 2.75) is 13.5 Å². The van der Waals surface area contributed by atoms with E-state index in [0.717, 1.165) is 5.82 Å². The van der Waals surface area contributed by atoms with Crippen molar-refractivity contribution in [2.75, 3.05) is 5.32 Å². The molecule has 1 N–H and O–H groups in total. The summed E-state index contributed by atoms with van der Waals surface area (Å²) in [7, 11) is 0. The molecular weight excluding hydrogens is 210 g/mol. The van der Waals surface area contributed by atoms with Crippen molar-refractivity contribution in [1.29, 1.82) is 5.26 Å². The predicted molar refractivity (Wildman–Crippen MR) is 67.5 cm³/mol. The fourth-order valence-corrected chi connectivity index (χ4v) is 1.59. The quantitative estimate of drug-likeness (QED) is 0.870. The molecule has 0 bridgehead atoms. The maximum absolute atomic E-state index is 8.79. The minimum absolute atomic E-state index is 0.618. The highest BCUT2D eigenvalue weighted by Crippen LogP contribution is 2.11. The highest BCUT2D eigenvalue weighted by molar-refractivity contribution is 5.43. The molecule has 1 aromatic heterocycles. The smallest absolute Gasteiger partial charge is 0.127 e. The topological polar surface area (TPSA) is 48.7 Å². The van der Waals surface area contributed by atoms with E-state index in [0.29, 0.717) is 12.1 Å². The van der Waals surface area contributed by atoms with Gasteiger partial charge >= 0.3 is 0 Å². The van der Waals surface area contributed by atoms with Gasteiger partial charge in [0.2, 0.25) is 0 Å². The number of nitrogens with one attached hydrogen (secondary N) is 1. The van der Waals surface area contributed by atoms with Gasteiger partial charge in [-0.05, 0) is 30.2 Å². The van der Waals surface area contributed by atoms with Crippen LogP contribution in [0.1, 0.15) is 16.7 Å². The molecule has 2 aromatic rings. The van der Waals surface area contributed by atoms with Gasteiger partial charge in [-0.15, -0.1) is 0 Å². The van der Waals surface area contributed by atoms with Gasteiger partial charge in [0.05, 0.1) is 11.6 Å². The molecule has 0 saturated heterocycles. The van der Waals surface area contributed by atoms with Gasteiger partial charge in [0.1, 0.15) is 5.82 Å². The highest BCUT2D eigenvalue weighted by Gasteiger charge is 1.99. The SMILES string of the molecule is Cc1ccccc1CNc1cc(C#N)ccn1. The lowest BCUT2D eigenvalue weighted by atomic mass is 10.1. The van der Waals surface area contributed by atoms with E-state index >= 15 is 0 Å². The van der Waals surface area contributed by atoms with Gasteiger partial charge in [0.15, 0.2) is 0 Å². The molecule has 0 aliphatic rings. The van der Waals surface area contributed by atoms with Crippen molar-refractivity contribution in [1.82, 2.24) is 4.98 Å². The summed E-state index contributed by atoms with van der Waals surface area (Å²) < 4.78 is 0. The van der Waals surface area contributed by atoms with Crippen LogP contribution in [-0.2, 0) is 6.54 Å². The Morgan fingerprint density at radius 3 is 2.88 bits per heavy atom. The summed E-state index contributed by atoms with van der Waals surface area (Å²) in [5, 5.41) is 12.0. The van der Waals surface area contributed by atoms with E-state index in [2.05, 4.69) is 35.4 Å². The molecule has 84 valence electrons. The fraction of sp³-hybridized carbons (Fsp3) is 0.143. The van der Waals surface area contributed by atoms with Crippen molar-refractivity contribution in [3.63, 3.8) is 0 Å². The molecule has 0 atom stereocenters. The van der Waals surface area contributed by atoms with Crippen LogP contribution in [0, 0.1) is 18.3 Å². The summed E-state index contributed by atoms with van der Waals surface area (Å²) in [6.07, 6.45) is 1.64. The maximum Gasteiger partial charge on any atom is 0.127 e. The summed E-state index contributed by atoms with van der Waals surface area (Å²) in [5.74, 6) is 0.729. The summed E-state index contributed by atoms with van der Waals surface area (Å²) in [5.41, 5.74) is 3.10. The first kappa shape index (κ1) is 11.2. The van der Waals surface area contributed by atoms with E-state index in [1.165, 1.54) is 11.1 Å². The van der Waals surface area contributed by atoms with Crippen LogP contribution in [0.3, 0.4) is 0 Å². The Morgan fingerprint density at radius 2 is 2.12 bits per heavy atom. The lowest BCUT2D eigenvalue weighted by Crippen LogP contribution is -2.02. The van der Waals surface area contributed by atoms with E-state index < -0.39 is 0 Å². The minimum atomic E-state index is 0.618. The number of hydrogen-bond donors (Lipinski definition) is 1. The number of nitriles is 1. The maximum atomic E-state index is 8.79. The number of anilines is 1. The molecule has 17 heavy (non-hydrogen) atoms. The lowest BCUT2D eigenvalue weighted by Gasteiger charge is -2.08.